The van der Waals surface area contributed by atoms with Gasteiger partial charge in [0.15, 0.2) is 0 Å². The molecule has 0 radical (unpaired) electrons. The summed E-state index contributed by atoms with van der Waals surface area (Å²) in [7, 11) is 0. The summed E-state index contributed by atoms with van der Waals surface area (Å²) in [6.07, 6.45) is -1.83. The average Bonchev–Trinajstić information content (AvgIpc) is 3.42. The molecule has 1 atom stereocenters. The zero-order valence-electron chi connectivity index (χ0n) is 16.8. The number of benzene rings is 1. The largest absolute Gasteiger partial charge is 0.467 e. The van der Waals surface area contributed by atoms with Gasteiger partial charge in [0.1, 0.15) is 16.8 Å². The number of alkyl halides is 3. The quantitative estimate of drug-likeness (QED) is 0.413. The third kappa shape index (κ3) is 4.83. The van der Waals surface area contributed by atoms with Crippen molar-refractivity contribution in [2.45, 2.75) is 30.6 Å². The van der Waals surface area contributed by atoms with E-state index in [2.05, 4.69) is 10.1 Å². The molecule has 0 N–H and O–H groups in total. The van der Waals surface area contributed by atoms with Crippen molar-refractivity contribution < 1.29 is 22.4 Å². The molecule has 0 saturated heterocycles. The summed E-state index contributed by atoms with van der Waals surface area (Å²) in [6, 6.07) is 11.7. The van der Waals surface area contributed by atoms with Gasteiger partial charge < -0.3 is 4.42 Å². The Bertz CT molecular complexity index is 1150. The number of aryl methyl sites for hydroxylation is 1. The maximum absolute atomic E-state index is 13.0. The van der Waals surface area contributed by atoms with E-state index in [9.17, 15) is 18.0 Å². The van der Waals surface area contributed by atoms with Crippen LogP contribution in [-0.2, 0) is 11.0 Å². The lowest BCUT2D eigenvalue weighted by molar-refractivity contribution is -0.138. The van der Waals surface area contributed by atoms with E-state index in [1.807, 2.05) is 31.2 Å². The standard InChI is InChI=1S/C22H17ClF3N3O2S/c1-13-4-6-14(7-5-13)17-10-18(19-3-2-8-31-19)29(28-17)20(30)12-32-21-16(23)9-15(11-27-21)22(24,25)26/h2-9,11,18H,10,12H2,1H3/t18-/m1/s1. The van der Waals surface area contributed by atoms with E-state index in [0.717, 1.165) is 34.7 Å². The number of halogens is 4. The molecule has 0 saturated carbocycles. The minimum atomic E-state index is -4.54. The van der Waals surface area contributed by atoms with Gasteiger partial charge >= 0.3 is 6.18 Å². The van der Waals surface area contributed by atoms with Gasteiger partial charge in [-0.15, -0.1) is 0 Å². The van der Waals surface area contributed by atoms with Crippen LogP contribution in [0.4, 0.5) is 13.2 Å². The summed E-state index contributed by atoms with van der Waals surface area (Å²) >= 11 is 6.91. The number of carbonyl (C=O) groups excluding carboxylic acids is 1. The van der Waals surface area contributed by atoms with Crippen LogP contribution in [0.2, 0.25) is 5.02 Å². The summed E-state index contributed by atoms with van der Waals surface area (Å²) in [6.45, 7) is 1.99. The summed E-state index contributed by atoms with van der Waals surface area (Å²) in [5.74, 6) is 0.163. The first-order valence-electron chi connectivity index (χ1n) is 9.58. The normalized spacial score (nSPS) is 16.3. The molecule has 3 aromatic rings. The minimum Gasteiger partial charge on any atom is -0.467 e. The molecule has 0 unspecified atom stereocenters. The van der Waals surface area contributed by atoms with Crippen molar-refractivity contribution in [2.75, 3.05) is 5.75 Å². The second-order valence-corrected chi connectivity index (χ2v) is 8.56. The molecular weight excluding hydrogens is 463 g/mol. The Morgan fingerprint density at radius 3 is 2.66 bits per heavy atom. The lowest BCUT2D eigenvalue weighted by atomic mass is 10.0. The molecule has 32 heavy (non-hydrogen) atoms. The molecule has 1 amide bonds. The smallest absolute Gasteiger partial charge is 0.417 e. The third-order valence-corrected chi connectivity index (χ3v) is 6.28. The second-order valence-electron chi connectivity index (χ2n) is 7.18. The molecule has 4 rings (SSSR count). The van der Waals surface area contributed by atoms with Gasteiger partial charge in [-0.05, 0) is 30.7 Å². The van der Waals surface area contributed by atoms with E-state index in [1.54, 1.807) is 12.1 Å². The molecule has 0 fully saturated rings. The number of hydrogen-bond acceptors (Lipinski definition) is 5. The zero-order valence-corrected chi connectivity index (χ0v) is 18.3. The van der Waals surface area contributed by atoms with Crippen LogP contribution in [0.3, 0.4) is 0 Å². The van der Waals surface area contributed by atoms with Crippen molar-refractivity contribution >= 4 is 35.0 Å². The van der Waals surface area contributed by atoms with E-state index < -0.39 is 17.8 Å². The third-order valence-electron chi connectivity index (χ3n) is 4.89. The maximum Gasteiger partial charge on any atom is 0.417 e. The Balaban J connectivity index is 1.53. The van der Waals surface area contributed by atoms with Gasteiger partial charge in [-0.25, -0.2) is 9.99 Å². The van der Waals surface area contributed by atoms with Gasteiger partial charge in [0, 0.05) is 12.6 Å². The number of nitrogens with zero attached hydrogens (tertiary/aromatic N) is 3. The van der Waals surface area contributed by atoms with E-state index in [1.165, 1.54) is 11.3 Å². The number of aromatic nitrogens is 1. The summed E-state index contributed by atoms with van der Waals surface area (Å²) in [4.78, 5) is 16.8. The van der Waals surface area contributed by atoms with Crippen LogP contribution in [-0.4, -0.2) is 27.4 Å². The number of amides is 1. The molecule has 3 heterocycles. The van der Waals surface area contributed by atoms with E-state index >= 15 is 0 Å². The highest BCUT2D eigenvalue weighted by Gasteiger charge is 2.35. The molecule has 2 aromatic heterocycles. The average molecular weight is 480 g/mol. The molecule has 5 nitrogen and oxygen atoms in total. The lowest BCUT2D eigenvalue weighted by Crippen LogP contribution is -2.28. The van der Waals surface area contributed by atoms with Crippen LogP contribution in [0.5, 0.6) is 0 Å². The van der Waals surface area contributed by atoms with Crippen molar-refractivity contribution in [1.29, 1.82) is 0 Å². The molecule has 10 heteroatoms. The number of thioether (sulfide) groups is 1. The molecular formula is C22H17ClF3N3O2S. The van der Waals surface area contributed by atoms with Gasteiger partial charge in [0.05, 0.1) is 28.3 Å². The number of pyridine rings is 1. The van der Waals surface area contributed by atoms with Gasteiger partial charge in [-0.1, -0.05) is 53.2 Å². The van der Waals surface area contributed by atoms with Crippen LogP contribution < -0.4 is 0 Å². The van der Waals surface area contributed by atoms with Crippen molar-refractivity contribution in [3.8, 4) is 0 Å². The maximum atomic E-state index is 13.0. The molecule has 1 aliphatic rings. The van der Waals surface area contributed by atoms with E-state index in [0.29, 0.717) is 18.4 Å². The molecule has 1 aromatic carbocycles. The summed E-state index contributed by atoms with van der Waals surface area (Å²) in [5, 5.41) is 5.87. The van der Waals surface area contributed by atoms with Crippen LogP contribution in [0.25, 0.3) is 0 Å². The zero-order chi connectivity index (χ0) is 22.9. The number of hydrogen-bond donors (Lipinski definition) is 0. The number of rotatable bonds is 5. The summed E-state index contributed by atoms with van der Waals surface area (Å²) < 4.78 is 43.9. The molecule has 166 valence electrons. The Morgan fingerprint density at radius 2 is 2.03 bits per heavy atom. The Morgan fingerprint density at radius 1 is 1.28 bits per heavy atom. The first kappa shape index (κ1) is 22.4. The summed E-state index contributed by atoms with van der Waals surface area (Å²) in [5.41, 5.74) is 1.82. The van der Waals surface area contributed by atoms with E-state index in [4.69, 9.17) is 16.0 Å². The Kier molecular flexibility index (Phi) is 6.30. The second kappa shape index (κ2) is 8.99. The van der Waals surface area contributed by atoms with Crippen LogP contribution in [0.15, 0.2) is 69.5 Å². The first-order valence-corrected chi connectivity index (χ1v) is 10.9. The van der Waals surface area contributed by atoms with Gasteiger partial charge in [0.2, 0.25) is 0 Å². The minimum absolute atomic E-state index is 0.0973. The van der Waals surface area contributed by atoms with Crippen LogP contribution in [0, 0.1) is 6.92 Å². The highest BCUT2D eigenvalue weighted by atomic mass is 35.5. The molecule has 0 spiro atoms. The molecule has 0 aliphatic carbocycles. The molecule has 1 aliphatic heterocycles. The van der Waals surface area contributed by atoms with Crippen molar-refractivity contribution in [3.05, 3.63) is 82.4 Å². The topological polar surface area (TPSA) is 58.7 Å². The Hall–Kier alpha value is -2.78. The highest BCUT2D eigenvalue weighted by molar-refractivity contribution is 8.00. The SMILES string of the molecule is Cc1ccc(C2=NN(C(=O)CSc3ncc(C(F)(F)F)cc3Cl)[C@@H](c3ccco3)C2)cc1. The monoisotopic (exact) mass is 479 g/mol. The van der Waals surface area contributed by atoms with Crippen LogP contribution >= 0.6 is 23.4 Å². The highest BCUT2D eigenvalue weighted by Crippen LogP contribution is 2.36. The Labute approximate surface area is 191 Å². The van der Waals surface area contributed by atoms with Crippen molar-refractivity contribution in [1.82, 2.24) is 9.99 Å². The van der Waals surface area contributed by atoms with Crippen LogP contribution in [0.1, 0.15) is 34.9 Å². The van der Waals surface area contributed by atoms with Crippen molar-refractivity contribution in [2.24, 2.45) is 5.10 Å². The predicted molar refractivity (Wildman–Crippen MR) is 116 cm³/mol. The predicted octanol–water partition coefficient (Wildman–Crippen LogP) is 6.13. The fourth-order valence-electron chi connectivity index (χ4n) is 3.25. The van der Waals surface area contributed by atoms with Gasteiger partial charge in [-0.3, -0.25) is 4.79 Å². The van der Waals surface area contributed by atoms with E-state index in [-0.39, 0.29) is 21.7 Å². The molecule has 0 bridgehead atoms. The fourth-order valence-corrected chi connectivity index (χ4v) is 4.29. The van der Waals surface area contributed by atoms with Crippen molar-refractivity contribution in [3.63, 3.8) is 0 Å². The fraction of sp³-hybridized carbons (Fsp3) is 0.227. The van der Waals surface area contributed by atoms with Gasteiger partial charge in [0.25, 0.3) is 5.91 Å². The number of furan rings is 1. The number of hydrazone groups is 1. The van der Waals surface area contributed by atoms with Gasteiger partial charge in [-0.2, -0.15) is 18.3 Å². The number of carbonyl (C=O) groups is 1. The lowest BCUT2D eigenvalue weighted by Gasteiger charge is -2.19. The first-order chi connectivity index (χ1) is 15.2.